The molecule has 0 N–H and O–H groups in total. The smallest absolute Gasteiger partial charge is 0.240 e. The maximum absolute atomic E-state index is 12.9. The van der Waals surface area contributed by atoms with Crippen molar-refractivity contribution in [3.05, 3.63) is 29.3 Å². The first-order chi connectivity index (χ1) is 9.29. The van der Waals surface area contributed by atoms with Gasteiger partial charge in [-0.05, 0) is 42.5 Å². The fourth-order valence-electron chi connectivity index (χ4n) is 3.65. The van der Waals surface area contributed by atoms with Crippen molar-refractivity contribution in [2.24, 2.45) is 16.7 Å². The lowest BCUT2D eigenvalue weighted by atomic mass is 9.62. The van der Waals surface area contributed by atoms with E-state index in [2.05, 4.69) is 0 Å². The Morgan fingerprint density at radius 1 is 1.15 bits per heavy atom. The first-order valence-corrected chi connectivity index (χ1v) is 7.31. The van der Waals surface area contributed by atoms with Crippen molar-refractivity contribution < 1.29 is 9.59 Å². The van der Waals surface area contributed by atoms with Gasteiger partial charge in [-0.2, -0.15) is 0 Å². The van der Waals surface area contributed by atoms with Crippen molar-refractivity contribution >= 4 is 29.1 Å². The molecule has 1 aliphatic heterocycles. The summed E-state index contributed by atoms with van der Waals surface area (Å²) in [5, 5.41) is 0.597. The summed E-state index contributed by atoms with van der Waals surface area (Å²) in [7, 11) is 0. The third-order valence-corrected chi connectivity index (χ3v) is 5.76. The average Bonchev–Trinajstić information content (AvgIpc) is 2.57. The molecule has 1 heterocycles. The highest BCUT2D eigenvalue weighted by atomic mass is 35.5. The van der Waals surface area contributed by atoms with Gasteiger partial charge in [-0.25, -0.2) is 4.90 Å². The largest absolute Gasteiger partial charge is 0.274 e. The van der Waals surface area contributed by atoms with E-state index in [9.17, 15) is 9.59 Å². The van der Waals surface area contributed by atoms with Crippen LogP contribution in [0.4, 0.5) is 5.69 Å². The number of fused-ring (bicyclic) bond motifs is 2. The number of anilines is 1. The van der Waals surface area contributed by atoms with Gasteiger partial charge in [0.2, 0.25) is 11.8 Å². The highest BCUT2D eigenvalue weighted by Crippen LogP contribution is 2.60. The second-order valence-electron chi connectivity index (χ2n) is 6.60. The molecule has 1 aliphatic carbocycles. The molecule has 1 saturated carbocycles. The normalized spacial score (nSPS) is 31.8. The SMILES string of the molecule is CC1(C)[C@H]2CC[C@@]1(C)C(=O)N(c1ccc(Cl)cc1)C2=O. The summed E-state index contributed by atoms with van der Waals surface area (Å²) in [5.41, 5.74) is -0.118. The number of hydrogen-bond donors (Lipinski definition) is 0. The average molecular weight is 292 g/mol. The fraction of sp³-hybridized carbons (Fsp3) is 0.500. The predicted octanol–water partition coefficient (Wildman–Crippen LogP) is 3.66. The molecule has 1 aromatic rings. The number of hydrogen-bond acceptors (Lipinski definition) is 2. The summed E-state index contributed by atoms with van der Waals surface area (Å²) in [6.45, 7) is 6.07. The lowest BCUT2D eigenvalue weighted by molar-refractivity contribution is -0.146. The molecule has 2 atom stereocenters. The second kappa shape index (κ2) is 4.08. The zero-order chi connectivity index (χ0) is 14.7. The second-order valence-corrected chi connectivity index (χ2v) is 7.04. The summed E-state index contributed by atoms with van der Waals surface area (Å²) in [6, 6.07) is 6.89. The molecular formula is C16H18ClNO2. The predicted molar refractivity (Wildman–Crippen MR) is 78.6 cm³/mol. The molecule has 2 bridgehead atoms. The number of nitrogens with zero attached hydrogens (tertiary/aromatic N) is 1. The van der Waals surface area contributed by atoms with E-state index in [0.717, 1.165) is 12.8 Å². The van der Waals surface area contributed by atoms with Crippen molar-refractivity contribution in [1.29, 1.82) is 0 Å². The number of carbonyl (C=O) groups is 2. The number of benzene rings is 1. The maximum atomic E-state index is 12.9. The Bertz CT molecular complexity index is 593. The highest BCUT2D eigenvalue weighted by Gasteiger charge is 2.64. The van der Waals surface area contributed by atoms with Crippen LogP contribution in [-0.2, 0) is 9.59 Å². The summed E-state index contributed by atoms with van der Waals surface area (Å²) in [4.78, 5) is 27.0. The number of rotatable bonds is 1. The number of amides is 2. The minimum absolute atomic E-state index is 0.0719. The molecular weight excluding hydrogens is 274 g/mol. The Morgan fingerprint density at radius 2 is 1.75 bits per heavy atom. The van der Waals surface area contributed by atoms with E-state index in [-0.39, 0.29) is 23.1 Å². The molecule has 2 fully saturated rings. The van der Waals surface area contributed by atoms with Crippen LogP contribution in [0.1, 0.15) is 33.6 Å². The van der Waals surface area contributed by atoms with Crippen LogP contribution in [0.5, 0.6) is 0 Å². The Morgan fingerprint density at radius 3 is 2.35 bits per heavy atom. The number of carbonyl (C=O) groups excluding carboxylic acids is 2. The van der Waals surface area contributed by atoms with E-state index in [1.165, 1.54) is 4.90 Å². The lowest BCUT2D eigenvalue weighted by Gasteiger charge is -2.47. The van der Waals surface area contributed by atoms with Crippen LogP contribution < -0.4 is 4.90 Å². The molecule has 1 aromatic carbocycles. The van der Waals surface area contributed by atoms with Crippen LogP contribution in [-0.4, -0.2) is 11.8 Å². The van der Waals surface area contributed by atoms with E-state index in [1.807, 2.05) is 20.8 Å². The standard InChI is InChI=1S/C16H18ClNO2/c1-15(2)12-8-9-16(15,3)14(20)18(13(12)19)11-6-4-10(17)5-7-11/h4-7,12H,8-9H2,1-3H3/t12-,16-/m0/s1. The Labute approximate surface area is 123 Å². The van der Waals surface area contributed by atoms with Gasteiger partial charge in [0.1, 0.15) is 0 Å². The van der Waals surface area contributed by atoms with Gasteiger partial charge in [0.15, 0.2) is 0 Å². The zero-order valence-corrected chi connectivity index (χ0v) is 12.7. The first-order valence-electron chi connectivity index (χ1n) is 6.93. The van der Waals surface area contributed by atoms with Crippen molar-refractivity contribution in [2.45, 2.75) is 33.6 Å². The lowest BCUT2D eigenvalue weighted by Crippen LogP contribution is -2.59. The quantitative estimate of drug-likeness (QED) is 0.741. The molecule has 2 amide bonds. The van der Waals surface area contributed by atoms with Gasteiger partial charge in [-0.3, -0.25) is 9.59 Å². The van der Waals surface area contributed by atoms with Gasteiger partial charge in [0.25, 0.3) is 0 Å². The van der Waals surface area contributed by atoms with Crippen LogP contribution in [0.15, 0.2) is 24.3 Å². The van der Waals surface area contributed by atoms with E-state index in [4.69, 9.17) is 11.6 Å². The Hall–Kier alpha value is -1.35. The third kappa shape index (κ3) is 1.53. The molecule has 1 saturated heterocycles. The Balaban J connectivity index is 2.09. The summed E-state index contributed by atoms with van der Waals surface area (Å²) < 4.78 is 0. The van der Waals surface area contributed by atoms with Gasteiger partial charge in [-0.15, -0.1) is 0 Å². The number of halogens is 1. The molecule has 106 valence electrons. The molecule has 4 heteroatoms. The molecule has 0 aromatic heterocycles. The van der Waals surface area contributed by atoms with Gasteiger partial charge in [-0.1, -0.05) is 32.4 Å². The summed E-state index contributed by atoms with van der Waals surface area (Å²) in [5.74, 6) is -0.234. The van der Waals surface area contributed by atoms with Crippen LogP contribution in [0, 0.1) is 16.7 Å². The monoisotopic (exact) mass is 291 g/mol. The first kappa shape index (κ1) is 13.6. The van der Waals surface area contributed by atoms with Crippen LogP contribution in [0.25, 0.3) is 0 Å². The molecule has 0 radical (unpaired) electrons. The highest BCUT2D eigenvalue weighted by molar-refractivity contribution is 6.30. The fourth-order valence-corrected chi connectivity index (χ4v) is 3.78. The van der Waals surface area contributed by atoms with E-state index < -0.39 is 5.41 Å². The molecule has 20 heavy (non-hydrogen) atoms. The van der Waals surface area contributed by atoms with Gasteiger partial charge in [0, 0.05) is 10.9 Å². The third-order valence-electron chi connectivity index (χ3n) is 5.50. The van der Waals surface area contributed by atoms with Crippen molar-refractivity contribution in [3.63, 3.8) is 0 Å². The van der Waals surface area contributed by atoms with E-state index >= 15 is 0 Å². The molecule has 2 aliphatic rings. The number of piperidine rings is 1. The van der Waals surface area contributed by atoms with Crippen molar-refractivity contribution in [3.8, 4) is 0 Å². The molecule has 3 rings (SSSR count). The van der Waals surface area contributed by atoms with Crippen molar-refractivity contribution in [2.75, 3.05) is 4.90 Å². The molecule has 0 spiro atoms. The molecule has 3 nitrogen and oxygen atoms in total. The van der Waals surface area contributed by atoms with Crippen LogP contribution in [0.2, 0.25) is 5.02 Å². The van der Waals surface area contributed by atoms with Crippen LogP contribution in [0.3, 0.4) is 0 Å². The van der Waals surface area contributed by atoms with Crippen LogP contribution >= 0.6 is 11.6 Å². The Kier molecular flexibility index (Phi) is 2.78. The number of imide groups is 1. The summed E-state index contributed by atoms with van der Waals surface area (Å²) >= 11 is 5.88. The van der Waals surface area contributed by atoms with Crippen molar-refractivity contribution in [1.82, 2.24) is 0 Å². The van der Waals surface area contributed by atoms with E-state index in [0.29, 0.717) is 10.7 Å². The van der Waals surface area contributed by atoms with Gasteiger partial charge in [0.05, 0.1) is 11.1 Å². The van der Waals surface area contributed by atoms with Gasteiger partial charge < -0.3 is 0 Å². The minimum atomic E-state index is -0.467. The summed E-state index contributed by atoms with van der Waals surface area (Å²) in [6.07, 6.45) is 1.57. The zero-order valence-electron chi connectivity index (χ0n) is 11.9. The van der Waals surface area contributed by atoms with E-state index in [1.54, 1.807) is 24.3 Å². The topological polar surface area (TPSA) is 37.4 Å². The van der Waals surface area contributed by atoms with Gasteiger partial charge >= 0.3 is 0 Å². The molecule has 0 unspecified atom stereocenters. The minimum Gasteiger partial charge on any atom is -0.274 e. The maximum Gasteiger partial charge on any atom is 0.240 e.